The van der Waals surface area contributed by atoms with Crippen LogP contribution in [-0.2, 0) is 6.54 Å². The zero-order valence-corrected chi connectivity index (χ0v) is 13.2. The van der Waals surface area contributed by atoms with Crippen molar-refractivity contribution in [1.82, 2.24) is 14.4 Å². The van der Waals surface area contributed by atoms with Gasteiger partial charge in [0.1, 0.15) is 23.1 Å². The molecule has 0 aliphatic rings. The standard InChI is InChI=1S/C19H15FN4O/c20-14-7-5-13(6-8-14)11-22-19-18(15-3-1-2-4-16(15)25)23-17-12-21-9-10-24(17)19/h1-10,12,22,25H,11H2. The molecule has 0 fully saturated rings. The van der Waals surface area contributed by atoms with E-state index in [0.717, 1.165) is 11.4 Å². The lowest BCUT2D eigenvalue weighted by Crippen LogP contribution is -2.03. The van der Waals surface area contributed by atoms with E-state index in [-0.39, 0.29) is 11.6 Å². The monoisotopic (exact) mass is 334 g/mol. The van der Waals surface area contributed by atoms with Crippen LogP contribution in [0, 0.1) is 5.82 Å². The number of rotatable bonds is 4. The fraction of sp³-hybridized carbons (Fsp3) is 0.0526. The van der Waals surface area contributed by atoms with Crippen molar-refractivity contribution in [2.24, 2.45) is 0 Å². The fourth-order valence-corrected chi connectivity index (χ4v) is 2.73. The highest BCUT2D eigenvalue weighted by molar-refractivity contribution is 5.79. The molecular weight excluding hydrogens is 319 g/mol. The lowest BCUT2D eigenvalue weighted by Gasteiger charge is -2.10. The number of nitrogens with one attached hydrogen (secondary N) is 1. The zero-order chi connectivity index (χ0) is 17.2. The first-order valence-electron chi connectivity index (χ1n) is 7.81. The number of benzene rings is 2. The van der Waals surface area contributed by atoms with Crippen LogP contribution in [0.1, 0.15) is 5.56 Å². The summed E-state index contributed by atoms with van der Waals surface area (Å²) in [6.07, 6.45) is 5.14. The molecule has 124 valence electrons. The highest BCUT2D eigenvalue weighted by Gasteiger charge is 2.16. The van der Waals surface area contributed by atoms with Gasteiger partial charge in [-0.25, -0.2) is 9.37 Å². The number of anilines is 1. The zero-order valence-electron chi connectivity index (χ0n) is 13.2. The number of aromatic hydroxyl groups is 1. The molecule has 5 nitrogen and oxygen atoms in total. The van der Waals surface area contributed by atoms with Crippen LogP contribution < -0.4 is 5.32 Å². The number of nitrogens with zero attached hydrogens (tertiary/aromatic N) is 3. The first kappa shape index (κ1) is 15.1. The number of halogens is 1. The average molecular weight is 334 g/mol. The molecule has 25 heavy (non-hydrogen) atoms. The van der Waals surface area contributed by atoms with Crippen LogP contribution in [0.4, 0.5) is 10.2 Å². The van der Waals surface area contributed by atoms with Gasteiger partial charge in [0, 0.05) is 24.5 Å². The number of hydrogen-bond donors (Lipinski definition) is 2. The number of fused-ring (bicyclic) bond motifs is 1. The van der Waals surface area contributed by atoms with Gasteiger partial charge in [-0.05, 0) is 29.8 Å². The molecule has 0 atom stereocenters. The predicted molar refractivity (Wildman–Crippen MR) is 93.8 cm³/mol. The van der Waals surface area contributed by atoms with Crippen LogP contribution in [0.25, 0.3) is 16.9 Å². The molecule has 0 spiro atoms. The Morgan fingerprint density at radius 2 is 1.88 bits per heavy atom. The van der Waals surface area contributed by atoms with Gasteiger partial charge in [-0.3, -0.25) is 9.38 Å². The summed E-state index contributed by atoms with van der Waals surface area (Å²) in [5.74, 6) is 0.631. The van der Waals surface area contributed by atoms with Gasteiger partial charge in [0.15, 0.2) is 5.65 Å². The Bertz CT molecular complexity index is 1030. The smallest absolute Gasteiger partial charge is 0.157 e. The molecule has 6 heteroatoms. The molecule has 0 radical (unpaired) electrons. The number of aromatic nitrogens is 3. The number of phenolic OH excluding ortho intramolecular Hbond substituents is 1. The van der Waals surface area contributed by atoms with Crippen molar-refractivity contribution >= 4 is 11.5 Å². The molecule has 2 aromatic heterocycles. The normalized spacial score (nSPS) is 10.9. The molecular formula is C19H15FN4O. The Kier molecular flexibility index (Phi) is 3.78. The molecule has 2 heterocycles. The van der Waals surface area contributed by atoms with Gasteiger partial charge < -0.3 is 10.4 Å². The average Bonchev–Trinajstić information content (AvgIpc) is 3.00. The highest BCUT2D eigenvalue weighted by atomic mass is 19.1. The quantitative estimate of drug-likeness (QED) is 0.595. The summed E-state index contributed by atoms with van der Waals surface area (Å²) >= 11 is 0. The highest BCUT2D eigenvalue weighted by Crippen LogP contribution is 2.34. The van der Waals surface area contributed by atoms with E-state index in [1.165, 1.54) is 12.1 Å². The van der Waals surface area contributed by atoms with Crippen molar-refractivity contribution < 1.29 is 9.50 Å². The van der Waals surface area contributed by atoms with Crippen molar-refractivity contribution in [3.63, 3.8) is 0 Å². The van der Waals surface area contributed by atoms with Gasteiger partial charge in [0.25, 0.3) is 0 Å². The minimum atomic E-state index is -0.264. The molecule has 4 aromatic rings. The van der Waals surface area contributed by atoms with Gasteiger partial charge >= 0.3 is 0 Å². The van der Waals surface area contributed by atoms with E-state index in [2.05, 4.69) is 15.3 Å². The second kappa shape index (κ2) is 6.24. The maximum Gasteiger partial charge on any atom is 0.157 e. The summed E-state index contributed by atoms with van der Waals surface area (Å²) in [6.45, 7) is 0.497. The van der Waals surface area contributed by atoms with Crippen LogP contribution in [0.5, 0.6) is 5.75 Å². The first-order chi connectivity index (χ1) is 12.2. The van der Waals surface area contributed by atoms with Crippen molar-refractivity contribution in [3.05, 3.63) is 78.5 Å². The van der Waals surface area contributed by atoms with Crippen molar-refractivity contribution in [2.45, 2.75) is 6.54 Å². The third-order valence-corrected chi connectivity index (χ3v) is 3.96. The second-order valence-corrected chi connectivity index (χ2v) is 5.61. The molecule has 0 aliphatic heterocycles. The molecule has 4 rings (SSSR count). The van der Waals surface area contributed by atoms with Crippen LogP contribution >= 0.6 is 0 Å². The lowest BCUT2D eigenvalue weighted by atomic mass is 10.1. The van der Waals surface area contributed by atoms with Crippen LogP contribution in [-0.4, -0.2) is 19.5 Å². The summed E-state index contributed by atoms with van der Waals surface area (Å²) < 4.78 is 14.9. The SMILES string of the molecule is Oc1ccccc1-c1nc2cnccn2c1NCc1ccc(F)cc1. The number of para-hydroxylation sites is 1. The van der Waals surface area contributed by atoms with E-state index in [1.807, 2.05) is 16.5 Å². The van der Waals surface area contributed by atoms with E-state index in [0.29, 0.717) is 23.4 Å². The summed E-state index contributed by atoms with van der Waals surface area (Å²) in [5.41, 5.74) is 2.87. The minimum absolute atomic E-state index is 0.156. The topological polar surface area (TPSA) is 62.5 Å². The summed E-state index contributed by atoms with van der Waals surface area (Å²) in [5, 5.41) is 13.5. The van der Waals surface area contributed by atoms with Crippen molar-refractivity contribution in [1.29, 1.82) is 0 Å². The predicted octanol–water partition coefficient (Wildman–Crippen LogP) is 3.85. The number of imidazole rings is 1. The van der Waals surface area contributed by atoms with E-state index in [9.17, 15) is 9.50 Å². The maximum atomic E-state index is 13.1. The first-order valence-corrected chi connectivity index (χ1v) is 7.81. The number of hydrogen-bond acceptors (Lipinski definition) is 4. The van der Waals surface area contributed by atoms with Crippen LogP contribution in [0.2, 0.25) is 0 Å². The summed E-state index contributed by atoms with van der Waals surface area (Å²) in [7, 11) is 0. The fourth-order valence-electron chi connectivity index (χ4n) is 2.73. The van der Waals surface area contributed by atoms with Gasteiger partial charge in [0.05, 0.1) is 6.20 Å². The largest absolute Gasteiger partial charge is 0.507 e. The molecule has 0 unspecified atom stereocenters. The van der Waals surface area contributed by atoms with Gasteiger partial charge in [-0.1, -0.05) is 24.3 Å². The van der Waals surface area contributed by atoms with Gasteiger partial charge in [-0.15, -0.1) is 0 Å². The van der Waals surface area contributed by atoms with Crippen LogP contribution in [0.3, 0.4) is 0 Å². The molecule has 0 saturated heterocycles. The van der Waals surface area contributed by atoms with Crippen molar-refractivity contribution in [3.8, 4) is 17.0 Å². The third kappa shape index (κ3) is 2.89. The van der Waals surface area contributed by atoms with Gasteiger partial charge in [-0.2, -0.15) is 0 Å². The van der Waals surface area contributed by atoms with E-state index >= 15 is 0 Å². The number of phenols is 1. The Hall–Kier alpha value is -3.41. The van der Waals surface area contributed by atoms with E-state index in [4.69, 9.17) is 0 Å². The Morgan fingerprint density at radius 3 is 2.68 bits per heavy atom. The molecule has 0 amide bonds. The Balaban J connectivity index is 1.77. The Morgan fingerprint density at radius 1 is 1.08 bits per heavy atom. The van der Waals surface area contributed by atoms with Gasteiger partial charge in [0.2, 0.25) is 0 Å². The Labute approximate surface area is 143 Å². The molecule has 2 aromatic carbocycles. The molecule has 2 N–H and O–H groups in total. The molecule has 0 aliphatic carbocycles. The molecule has 0 saturated carbocycles. The minimum Gasteiger partial charge on any atom is -0.507 e. The third-order valence-electron chi connectivity index (χ3n) is 3.96. The van der Waals surface area contributed by atoms with Crippen molar-refractivity contribution in [2.75, 3.05) is 5.32 Å². The maximum absolute atomic E-state index is 13.1. The summed E-state index contributed by atoms with van der Waals surface area (Å²) in [6, 6.07) is 13.4. The summed E-state index contributed by atoms with van der Waals surface area (Å²) in [4.78, 5) is 8.68. The lowest BCUT2D eigenvalue weighted by molar-refractivity contribution is 0.477. The molecule has 0 bridgehead atoms. The van der Waals surface area contributed by atoms with E-state index in [1.54, 1.807) is 42.9 Å². The van der Waals surface area contributed by atoms with E-state index < -0.39 is 0 Å². The van der Waals surface area contributed by atoms with Crippen LogP contribution in [0.15, 0.2) is 67.1 Å². The second-order valence-electron chi connectivity index (χ2n) is 5.61.